The number of aromatic nitrogens is 2. The SMILES string of the molecule is FC(F)(F)c1cc(Cl)nc2scnc12. The van der Waals surface area contributed by atoms with Gasteiger partial charge in [-0.2, -0.15) is 13.2 Å². The van der Waals surface area contributed by atoms with E-state index in [1.165, 1.54) is 5.51 Å². The molecule has 0 unspecified atom stereocenters. The Morgan fingerprint density at radius 2 is 2.07 bits per heavy atom. The standard InChI is InChI=1S/C7H2ClF3N2S/c8-4-1-3(7(9,10)11)5-6(13-4)14-2-12-5/h1-2H. The monoisotopic (exact) mass is 238 g/mol. The third-order valence-electron chi connectivity index (χ3n) is 1.58. The zero-order valence-corrected chi connectivity index (χ0v) is 8.04. The molecular weight excluding hydrogens is 237 g/mol. The fourth-order valence-electron chi connectivity index (χ4n) is 1.04. The minimum absolute atomic E-state index is 0.146. The van der Waals surface area contributed by atoms with Crippen LogP contribution in [0, 0.1) is 0 Å². The molecule has 0 atom stereocenters. The lowest BCUT2D eigenvalue weighted by atomic mass is 10.2. The Labute approximate surface area is 85.4 Å². The van der Waals surface area contributed by atoms with Gasteiger partial charge in [0.15, 0.2) is 0 Å². The van der Waals surface area contributed by atoms with Gasteiger partial charge in [-0.05, 0) is 6.07 Å². The van der Waals surface area contributed by atoms with Gasteiger partial charge in [0.1, 0.15) is 15.5 Å². The van der Waals surface area contributed by atoms with Crippen LogP contribution in [0.3, 0.4) is 0 Å². The summed E-state index contributed by atoms with van der Waals surface area (Å²) in [6.07, 6.45) is -4.45. The Hall–Kier alpha value is -0.880. The fourth-order valence-corrected chi connectivity index (χ4v) is 1.96. The molecule has 2 aromatic rings. The van der Waals surface area contributed by atoms with Gasteiger partial charge in [-0.25, -0.2) is 9.97 Å². The zero-order chi connectivity index (χ0) is 10.3. The van der Waals surface area contributed by atoms with Crippen molar-refractivity contribution in [3.8, 4) is 0 Å². The van der Waals surface area contributed by atoms with Crippen LogP contribution in [0.5, 0.6) is 0 Å². The topological polar surface area (TPSA) is 25.8 Å². The van der Waals surface area contributed by atoms with Gasteiger partial charge >= 0.3 is 6.18 Å². The predicted octanol–water partition coefficient (Wildman–Crippen LogP) is 3.36. The normalized spacial score (nSPS) is 12.3. The third-order valence-corrected chi connectivity index (χ3v) is 2.49. The van der Waals surface area contributed by atoms with Crippen LogP contribution < -0.4 is 0 Å². The van der Waals surface area contributed by atoms with Gasteiger partial charge < -0.3 is 0 Å². The first-order chi connectivity index (χ1) is 6.48. The van der Waals surface area contributed by atoms with E-state index in [2.05, 4.69) is 9.97 Å². The summed E-state index contributed by atoms with van der Waals surface area (Å²) in [7, 11) is 0. The molecule has 2 aromatic heterocycles. The van der Waals surface area contributed by atoms with Gasteiger partial charge in [-0.3, -0.25) is 0 Å². The number of thiazole rings is 1. The van der Waals surface area contributed by atoms with E-state index in [1.807, 2.05) is 0 Å². The molecule has 0 aliphatic heterocycles. The van der Waals surface area contributed by atoms with E-state index in [4.69, 9.17) is 11.6 Å². The average molecular weight is 239 g/mol. The Balaban J connectivity index is 2.80. The van der Waals surface area contributed by atoms with Crippen LogP contribution in [0.15, 0.2) is 11.6 Å². The highest BCUT2D eigenvalue weighted by molar-refractivity contribution is 7.16. The van der Waals surface area contributed by atoms with Crippen molar-refractivity contribution in [2.24, 2.45) is 0 Å². The van der Waals surface area contributed by atoms with E-state index in [-0.39, 0.29) is 15.5 Å². The van der Waals surface area contributed by atoms with Crippen LogP contribution >= 0.6 is 22.9 Å². The maximum Gasteiger partial charge on any atom is 0.418 e. The average Bonchev–Trinajstić information content (AvgIpc) is 2.47. The number of halogens is 4. The second-order valence-corrected chi connectivity index (χ2v) is 3.72. The maximum atomic E-state index is 12.5. The Bertz CT molecular complexity index is 479. The van der Waals surface area contributed by atoms with Gasteiger partial charge in [-0.15, -0.1) is 11.3 Å². The number of hydrogen-bond donors (Lipinski definition) is 0. The first kappa shape index (κ1) is 9.67. The molecule has 0 fully saturated rings. The summed E-state index contributed by atoms with van der Waals surface area (Å²) >= 11 is 6.48. The number of alkyl halides is 3. The fraction of sp³-hybridized carbons (Fsp3) is 0.143. The van der Waals surface area contributed by atoms with Crippen molar-refractivity contribution >= 4 is 33.3 Å². The highest BCUT2D eigenvalue weighted by atomic mass is 35.5. The summed E-state index contributed by atoms with van der Waals surface area (Å²) in [6.45, 7) is 0. The molecule has 0 radical (unpaired) electrons. The minimum atomic E-state index is -4.45. The van der Waals surface area contributed by atoms with Crippen molar-refractivity contribution in [1.29, 1.82) is 0 Å². The molecule has 0 spiro atoms. The van der Waals surface area contributed by atoms with Crippen LogP contribution in [0.4, 0.5) is 13.2 Å². The molecule has 2 nitrogen and oxygen atoms in total. The highest BCUT2D eigenvalue weighted by Gasteiger charge is 2.34. The molecule has 0 amide bonds. The summed E-state index contributed by atoms with van der Waals surface area (Å²) in [5.41, 5.74) is 0.323. The molecule has 2 rings (SSSR count). The van der Waals surface area contributed by atoms with Crippen LogP contribution in [-0.4, -0.2) is 9.97 Å². The molecule has 0 bridgehead atoms. The van der Waals surface area contributed by atoms with Crippen LogP contribution in [-0.2, 0) is 6.18 Å². The van der Waals surface area contributed by atoms with Crippen LogP contribution in [0.25, 0.3) is 10.3 Å². The predicted molar refractivity (Wildman–Crippen MR) is 47.4 cm³/mol. The van der Waals surface area contributed by atoms with Crippen molar-refractivity contribution in [3.05, 3.63) is 22.3 Å². The lowest BCUT2D eigenvalue weighted by Crippen LogP contribution is -2.06. The second kappa shape index (κ2) is 3.06. The van der Waals surface area contributed by atoms with E-state index in [9.17, 15) is 13.2 Å². The van der Waals surface area contributed by atoms with Crippen molar-refractivity contribution in [3.63, 3.8) is 0 Å². The van der Waals surface area contributed by atoms with Gasteiger partial charge in [-0.1, -0.05) is 11.6 Å². The molecule has 0 saturated heterocycles. The highest BCUT2D eigenvalue weighted by Crippen LogP contribution is 2.35. The largest absolute Gasteiger partial charge is 0.418 e. The smallest absolute Gasteiger partial charge is 0.242 e. The van der Waals surface area contributed by atoms with Crippen LogP contribution in [0.2, 0.25) is 5.15 Å². The lowest BCUT2D eigenvalue weighted by molar-refractivity contribution is -0.136. The molecule has 14 heavy (non-hydrogen) atoms. The molecule has 0 aliphatic rings. The van der Waals surface area contributed by atoms with Crippen molar-refractivity contribution < 1.29 is 13.2 Å². The molecule has 0 aliphatic carbocycles. The van der Waals surface area contributed by atoms with E-state index < -0.39 is 11.7 Å². The summed E-state index contributed by atoms with van der Waals surface area (Å²) in [4.78, 5) is 7.53. The molecule has 2 heterocycles. The summed E-state index contributed by atoms with van der Waals surface area (Å²) < 4.78 is 37.4. The first-order valence-corrected chi connectivity index (χ1v) is 4.71. The Morgan fingerprint density at radius 3 is 2.71 bits per heavy atom. The Morgan fingerprint density at radius 1 is 1.36 bits per heavy atom. The molecule has 0 aromatic carbocycles. The van der Waals surface area contributed by atoms with Crippen LogP contribution in [0.1, 0.15) is 5.56 Å². The minimum Gasteiger partial charge on any atom is -0.242 e. The number of nitrogens with zero attached hydrogens (tertiary/aromatic N) is 2. The third kappa shape index (κ3) is 1.55. The van der Waals surface area contributed by atoms with Crippen molar-refractivity contribution in [2.45, 2.75) is 6.18 Å². The molecule has 0 saturated carbocycles. The van der Waals surface area contributed by atoms with E-state index in [0.29, 0.717) is 0 Å². The Kier molecular flexibility index (Phi) is 2.11. The lowest BCUT2D eigenvalue weighted by Gasteiger charge is -2.06. The first-order valence-electron chi connectivity index (χ1n) is 3.45. The van der Waals surface area contributed by atoms with Gasteiger partial charge in [0.2, 0.25) is 0 Å². The van der Waals surface area contributed by atoms with Crippen molar-refractivity contribution in [1.82, 2.24) is 9.97 Å². The number of hydrogen-bond acceptors (Lipinski definition) is 3. The zero-order valence-electron chi connectivity index (χ0n) is 6.47. The van der Waals surface area contributed by atoms with E-state index >= 15 is 0 Å². The van der Waals surface area contributed by atoms with Gasteiger partial charge in [0.25, 0.3) is 0 Å². The summed E-state index contributed by atoms with van der Waals surface area (Å²) in [5.74, 6) is 0. The quantitative estimate of drug-likeness (QED) is 0.658. The van der Waals surface area contributed by atoms with E-state index in [1.54, 1.807) is 0 Å². The molecule has 7 heteroatoms. The van der Waals surface area contributed by atoms with Gasteiger partial charge in [0.05, 0.1) is 11.1 Å². The molecular formula is C7H2ClF3N2S. The number of pyridine rings is 1. The van der Waals surface area contributed by atoms with E-state index in [0.717, 1.165) is 17.4 Å². The van der Waals surface area contributed by atoms with Crippen molar-refractivity contribution in [2.75, 3.05) is 0 Å². The number of fused-ring (bicyclic) bond motifs is 1. The second-order valence-electron chi connectivity index (χ2n) is 2.50. The molecule has 74 valence electrons. The number of rotatable bonds is 0. The maximum absolute atomic E-state index is 12.5. The van der Waals surface area contributed by atoms with Gasteiger partial charge in [0, 0.05) is 0 Å². The summed E-state index contributed by atoms with van der Waals surface area (Å²) in [5, 5.41) is -0.172. The summed E-state index contributed by atoms with van der Waals surface area (Å²) in [6, 6.07) is 0.781. The molecule has 0 N–H and O–H groups in total.